The number of aliphatic hydroxyl groups excluding tert-OH is 1. The lowest BCUT2D eigenvalue weighted by Crippen LogP contribution is -2.32. The molecule has 0 aromatic heterocycles. The van der Waals surface area contributed by atoms with Gasteiger partial charge in [0.15, 0.2) is 0 Å². The van der Waals surface area contributed by atoms with Crippen molar-refractivity contribution in [1.82, 2.24) is 0 Å². The van der Waals surface area contributed by atoms with Crippen LogP contribution in [0.4, 0.5) is 5.69 Å². The van der Waals surface area contributed by atoms with E-state index in [2.05, 4.69) is 30.0 Å². The van der Waals surface area contributed by atoms with Gasteiger partial charge in [-0.15, -0.1) is 0 Å². The third kappa shape index (κ3) is 2.70. The van der Waals surface area contributed by atoms with Gasteiger partial charge in [0, 0.05) is 25.3 Å². The number of aliphatic hydroxyl groups is 1. The molecule has 0 saturated carbocycles. The molecule has 3 heteroatoms. The number of anilines is 1. The summed E-state index contributed by atoms with van der Waals surface area (Å²) >= 11 is 0. The van der Waals surface area contributed by atoms with Crippen LogP contribution in [0.2, 0.25) is 0 Å². The molecule has 3 nitrogen and oxygen atoms in total. The second kappa shape index (κ2) is 5.14. The van der Waals surface area contributed by atoms with Crippen LogP contribution in [-0.2, 0) is 6.54 Å². The molecule has 3 N–H and O–H groups in total. The van der Waals surface area contributed by atoms with Crippen molar-refractivity contribution in [2.24, 2.45) is 5.73 Å². The minimum absolute atomic E-state index is 0.109. The molecule has 0 spiro atoms. The molecule has 1 unspecified atom stereocenters. The van der Waals surface area contributed by atoms with Gasteiger partial charge in [0.25, 0.3) is 0 Å². The molecule has 1 aromatic carbocycles. The highest BCUT2D eigenvalue weighted by Crippen LogP contribution is 2.22. The molecule has 84 valence electrons. The quantitative estimate of drug-likeness (QED) is 0.783. The summed E-state index contributed by atoms with van der Waals surface area (Å²) in [6.07, 6.45) is 0. The molecule has 0 heterocycles. The first kappa shape index (κ1) is 12.0. The summed E-state index contributed by atoms with van der Waals surface area (Å²) in [7, 11) is 1.98. The van der Waals surface area contributed by atoms with Crippen LogP contribution in [0.25, 0.3) is 0 Å². The number of likely N-dealkylation sites (N-methyl/N-ethyl adjacent to an activating group) is 1. The number of benzene rings is 1. The average molecular weight is 208 g/mol. The third-order valence-electron chi connectivity index (χ3n) is 2.76. The largest absolute Gasteiger partial charge is 0.394 e. The number of nitrogens with zero attached hydrogens (tertiary/aromatic N) is 1. The van der Waals surface area contributed by atoms with Crippen molar-refractivity contribution in [2.75, 3.05) is 18.6 Å². The van der Waals surface area contributed by atoms with Gasteiger partial charge in [-0.2, -0.15) is 0 Å². The first-order valence-electron chi connectivity index (χ1n) is 5.23. The normalized spacial score (nSPS) is 12.6. The Morgan fingerprint density at radius 2 is 2.13 bits per heavy atom. The van der Waals surface area contributed by atoms with Crippen molar-refractivity contribution in [2.45, 2.75) is 26.4 Å². The van der Waals surface area contributed by atoms with Crippen LogP contribution in [0.5, 0.6) is 0 Å². The van der Waals surface area contributed by atoms with E-state index in [0.29, 0.717) is 6.54 Å². The van der Waals surface area contributed by atoms with Crippen molar-refractivity contribution in [3.63, 3.8) is 0 Å². The second-order valence-corrected chi connectivity index (χ2v) is 3.98. The minimum Gasteiger partial charge on any atom is -0.394 e. The average Bonchev–Trinajstić information content (AvgIpc) is 2.26. The summed E-state index contributed by atoms with van der Waals surface area (Å²) in [6.45, 7) is 4.71. The van der Waals surface area contributed by atoms with Crippen molar-refractivity contribution in [3.05, 3.63) is 29.3 Å². The Morgan fingerprint density at radius 1 is 1.47 bits per heavy atom. The maximum absolute atomic E-state index is 9.11. The lowest BCUT2D eigenvalue weighted by atomic mass is 10.1. The number of nitrogens with two attached hydrogens (primary N) is 1. The Kier molecular flexibility index (Phi) is 4.12. The molecule has 1 rings (SSSR count). The third-order valence-corrected chi connectivity index (χ3v) is 2.76. The summed E-state index contributed by atoms with van der Waals surface area (Å²) in [6, 6.07) is 6.33. The maximum atomic E-state index is 9.11. The second-order valence-electron chi connectivity index (χ2n) is 3.98. The van der Waals surface area contributed by atoms with E-state index < -0.39 is 0 Å². The van der Waals surface area contributed by atoms with E-state index in [0.717, 1.165) is 11.3 Å². The molecule has 0 aliphatic carbocycles. The molecule has 0 amide bonds. The van der Waals surface area contributed by atoms with Gasteiger partial charge >= 0.3 is 0 Å². The van der Waals surface area contributed by atoms with Gasteiger partial charge in [0.2, 0.25) is 0 Å². The smallest absolute Gasteiger partial charge is 0.0632 e. The van der Waals surface area contributed by atoms with E-state index >= 15 is 0 Å². The number of rotatable bonds is 4. The summed E-state index contributed by atoms with van der Waals surface area (Å²) in [5.41, 5.74) is 9.15. The Bertz CT molecular complexity index is 325. The molecule has 0 fully saturated rings. The highest BCUT2D eigenvalue weighted by Gasteiger charge is 2.11. The lowest BCUT2D eigenvalue weighted by Gasteiger charge is -2.27. The Labute approximate surface area is 91.5 Å². The van der Waals surface area contributed by atoms with Crippen LogP contribution in [-0.4, -0.2) is 24.8 Å². The van der Waals surface area contributed by atoms with Crippen LogP contribution in [0.3, 0.4) is 0 Å². The van der Waals surface area contributed by atoms with Crippen LogP contribution < -0.4 is 10.6 Å². The van der Waals surface area contributed by atoms with Gasteiger partial charge in [-0.05, 0) is 25.5 Å². The maximum Gasteiger partial charge on any atom is 0.0632 e. The zero-order valence-corrected chi connectivity index (χ0v) is 9.70. The molecular formula is C12H20N2O. The Hall–Kier alpha value is -1.06. The Morgan fingerprint density at radius 3 is 2.67 bits per heavy atom. The number of hydrogen-bond acceptors (Lipinski definition) is 3. The van der Waals surface area contributed by atoms with E-state index in [-0.39, 0.29) is 12.6 Å². The van der Waals surface area contributed by atoms with Gasteiger partial charge in [-0.3, -0.25) is 0 Å². The van der Waals surface area contributed by atoms with Crippen molar-refractivity contribution in [1.29, 1.82) is 0 Å². The van der Waals surface area contributed by atoms with E-state index in [1.807, 2.05) is 14.0 Å². The standard InChI is InChI=1S/C12H20N2O/c1-9-4-5-12(11(6-9)7-13)14(3)10(2)8-15/h4-6,10,15H,7-8,13H2,1-3H3. The lowest BCUT2D eigenvalue weighted by molar-refractivity contribution is 0.270. The van der Waals surface area contributed by atoms with Crippen molar-refractivity contribution in [3.8, 4) is 0 Å². The highest BCUT2D eigenvalue weighted by atomic mass is 16.3. The summed E-state index contributed by atoms with van der Waals surface area (Å²) in [5, 5.41) is 9.11. The predicted molar refractivity (Wildman–Crippen MR) is 64.0 cm³/mol. The van der Waals surface area contributed by atoms with Gasteiger partial charge in [-0.25, -0.2) is 0 Å². The molecule has 0 saturated heterocycles. The molecule has 1 atom stereocenters. The van der Waals surface area contributed by atoms with E-state index in [1.165, 1.54) is 5.56 Å². The first-order chi connectivity index (χ1) is 7.10. The molecule has 0 bridgehead atoms. The van der Waals surface area contributed by atoms with E-state index in [9.17, 15) is 0 Å². The van der Waals surface area contributed by atoms with E-state index in [4.69, 9.17) is 10.8 Å². The van der Waals surface area contributed by atoms with Crippen molar-refractivity contribution >= 4 is 5.69 Å². The van der Waals surface area contributed by atoms with Gasteiger partial charge in [0.1, 0.15) is 0 Å². The summed E-state index contributed by atoms with van der Waals surface area (Å²) in [5.74, 6) is 0. The first-order valence-corrected chi connectivity index (χ1v) is 5.23. The van der Waals surface area contributed by atoms with Crippen LogP contribution >= 0.6 is 0 Å². The van der Waals surface area contributed by atoms with Crippen LogP contribution in [0.1, 0.15) is 18.1 Å². The number of hydrogen-bond donors (Lipinski definition) is 2. The predicted octanol–water partition coefficient (Wildman–Crippen LogP) is 1.27. The highest BCUT2D eigenvalue weighted by molar-refractivity contribution is 5.55. The fourth-order valence-electron chi connectivity index (χ4n) is 1.58. The molecule has 0 aliphatic rings. The Balaban J connectivity index is 3.02. The van der Waals surface area contributed by atoms with Gasteiger partial charge in [-0.1, -0.05) is 17.7 Å². The monoisotopic (exact) mass is 208 g/mol. The fraction of sp³-hybridized carbons (Fsp3) is 0.500. The van der Waals surface area contributed by atoms with Gasteiger partial charge in [0.05, 0.1) is 6.61 Å². The van der Waals surface area contributed by atoms with E-state index in [1.54, 1.807) is 0 Å². The molecule has 1 aromatic rings. The fourth-order valence-corrected chi connectivity index (χ4v) is 1.58. The zero-order valence-electron chi connectivity index (χ0n) is 9.70. The minimum atomic E-state index is 0.109. The van der Waals surface area contributed by atoms with Gasteiger partial charge < -0.3 is 15.7 Å². The molecular weight excluding hydrogens is 188 g/mol. The zero-order chi connectivity index (χ0) is 11.4. The van der Waals surface area contributed by atoms with Crippen molar-refractivity contribution < 1.29 is 5.11 Å². The molecule has 0 aliphatic heterocycles. The molecule has 15 heavy (non-hydrogen) atoms. The van der Waals surface area contributed by atoms with Crippen LogP contribution in [0.15, 0.2) is 18.2 Å². The SMILES string of the molecule is Cc1ccc(N(C)C(C)CO)c(CN)c1. The number of aryl methyl sites for hydroxylation is 1. The summed E-state index contributed by atoms with van der Waals surface area (Å²) < 4.78 is 0. The topological polar surface area (TPSA) is 49.5 Å². The van der Waals surface area contributed by atoms with Crippen LogP contribution in [0, 0.1) is 6.92 Å². The molecule has 0 radical (unpaired) electrons. The summed E-state index contributed by atoms with van der Waals surface area (Å²) in [4.78, 5) is 2.06.